The molecule has 0 spiro atoms. The number of nitrogens with zero attached hydrogens (tertiary/aromatic N) is 4. The third kappa shape index (κ3) is 1.10. The van der Waals surface area contributed by atoms with Gasteiger partial charge in [-0.1, -0.05) is 11.6 Å². The van der Waals surface area contributed by atoms with Crippen molar-refractivity contribution in [2.45, 2.75) is 6.92 Å². The second-order valence-corrected chi connectivity index (χ2v) is 2.68. The molecule has 2 rings (SSSR count). The number of rotatable bonds is 0. The Morgan fingerprint density at radius 1 is 1.33 bits per heavy atom. The van der Waals surface area contributed by atoms with Gasteiger partial charge in [-0.3, -0.25) is 0 Å². The monoisotopic (exact) mass is 180 g/mol. The Labute approximate surface area is 73.7 Å². The summed E-state index contributed by atoms with van der Waals surface area (Å²) in [5.74, 6) is 0.617. The molecular formula is C7H5ClN4. The van der Waals surface area contributed by atoms with Gasteiger partial charge in [0.15, 0.2) is 5.65 Å². The minimum Gasteiger partial charge on any atom is -0.244 e. The largest absolute Gasteiger partial charge is 0.244 e. The molecule has 60 valence electrons. The number of aryl methyl sites for hydroxylation is 1. The van der Waals surface area contributed by atoms with E-state index in [0.717, 1.165) is 0 Å². The maximum absolute atomic E-state index is 5.83. The lowest BCUT2D eigenvalue weighted by Gasteiger charge is -1.97. The quantitative estimate of drug-likeness (QED) is 0.575. The van der Waals surface area contributed by atoms with E-state index in [1.54, 1.807) is 13.1 Å². The van der Waals surface area contributed by atoms with Crippen LogP contribution in [0.5, 0.6) is 0 Å². The topological polar surface area (TPSA) is 51.6 Å². The van der Waals surface area contributed by atoms with E-state index in [-0.39, 0.29) is 0 Å². The van der Waals surface area contributed by atoms with Crippen molar-refractivity contribution in [3.8, 4) is 0 Å². The highest BCUT2D eigenvalue weighted by molar-refractivity contribution is 6.33. The molecule has 2 aromatic rings. The molecule has 0 saturated heterocycles. The Bertz CT molecular complexity index is 429. The molecular weight excluding hydrogens is 176 g/mol. The van der Waals surface area contributed by atoms with Gasteiger partial charge < -0.3 is 0 Å². The van der Waals surface area contributed by atoms with Gasteiger partial charge in [-0.25, -0.2) is 19.9 Å². The van der Waals surface area contributed by atoms with E-state index in [9.17, 15) is 0 Å². The molecule has 4 nitrogen and oxygen atoms in total. The summed E-state index contributed by atoms with van der Waals surface area (Å²) < 4.78 is 0. The molecule has 0 radical (unpaired) electrons. The predicted octanol–water partition coefficient (Wildman–Crippen LogP) is 1.38. The van der Waals surface area contributed by atoms with Gasteiger partial charge in [-0.15, -0.1) is 0 Å². The Kier molecular flexibility index (Phi) is 1.62. The SMILES string of the molecule is Cc1nc(Cl)c2cncnc2n1. The summed E-state index contributed by atoms with van der Waals surface area (Å²) in [6.07, 6.45) is 3.04. The number of halogens is 1. The van der Waals surface area contributed by atoms with Crippen molar-refractivity contribution in [3.63, 3.8) is 0 Å². The Hall–Kier alpha value is -1.29. The molecule has 0 N–H and O–H groups in total. The van der Waals surface area contributed by atoms with E-state index < -0.39 is 0 Å². The normalized spacial score (nSPS) is 10.5. The van der Waals surface area contributed by atoms with E-state index in [2.05, 4.69) is 19.9 Å². The zero-order valence-electron chi connectivity index (χ0n) is 6.32. The lowest BCUT2D eigenvalue weighted by Crippen LogP contribution is -1.92. The standard InChI is InChI=1S/C7H5ClN4/c1-4-11-6(8)5-2-9-3-10-7(5)12-4/h2-3H,1H3. The van der Waals surface area contributed by atoms with Crippen molar-refractivity contribution in [2.75, 3.05) is 0 Å². The molecule has 12 heavy (non-hydrogen) atoms. The van der Waals surface area contributed by atoms with Crippen LogP contribution in [0.4, 0.5) is 0 Å². The fourth-order valence-electron chi connectivity index (χ4n) is 0.938. The molecule has 0 bridgehead atoms. The molecule has 0 fully saturated rings. The zero-order chi connectivity index (χ0) is 8.55. The first-order valence-electron chi connectivity index (χ1n) is 3.37. The molecule has 0 aliphatic heterocycles. The van der Waals surface area contributed by atoms with E-state index in [1.165, 1.54) is 6.33 Å². The molecule has 2 heterocycles. The first-order chi connectivity index (χ1) is 5.77. The maximum atomic E-state index is 5.83. The van der Waals surface area contributed by atoms with Gasteiger partial charge in [-0.2, -0.15) is 0 Å². The highest BCUT2D eigenvalue weighted by Gasteiger charge is 2.02. The van der Waals surface area contributed by atoms with Crippen molar-refractivity contribution in [1.82, 2.24) is 19.9 Å². The van der Waals surface area contributed by atoms with Gasteiger partial charge in [0.05, 0.1) is 5.39 Å². The third-order valence-electron chi connectivity index (χ3n) is 1.44. The lowest BCUT2D eigenvalue weighted by atomic mass is 10.4. The molecule has 5 heteroatoms. The summed E-state index contributed by atoms with van der Waals surface area (Å²) in [7, 11) is 0. The van der Waals surface area contributed by atoms with Crippen LogP contribution in [0.1, 0.15) is 5.82 Å². The van der Waals surface area contributed by atoms with Crippen molar-refractivity contribution in [3.05, 3.63) is 23.5 Å². The van der Waals surface area contributed by atoms with Crippen LogP contribution >= 0.6 is 11.6 Å². The first kappa shape index (κ1) is 7.36. The fourth-order valence-corrected chi connectivity index (χ4v) is 1.19. The molecule has 0 amide bonds. The molecule has 0 saturated carbocycles. The van der Waals surface area contributed by atoms with E-state index >= 15 is 0 Å². The van der Waals surface area contributed by atoms with Crippen LogP contribution in [0.3, 0.4) is 0 Å². The second kappa shape index (κ2) is 2.64. The van der Waals surface area contributed by atoms with Gasteiger partial charge in [0, 0.05) is 6.20 Å². The van der Waals surface area contributed by atoms with Gasteiger partial charge in [0.25, 0.3) is 0 Å². The van der Waals surface area contributed by atoms with Crippen molar-refractivity contribution < 1.29 is 0 Å². The summed E-state index contributed by atoms with van der Waals surface area (Å²) in [6.45, 7) is 1.77. The number of aromatic nitrogens is 4. The van der Waals surface area contributed by atoms with Crippen molar-refractivity contribution in [1.29, 1.82) is 0 Å². The molecule has 0 aliphatic rings. The van der Waals surface area contributed by atoms with Crippen LogP contribution < -0.4 is 0 Å². The molecule has 0 aliphatic carbocycles. The van der Waals surface area contributed by atoms with Crippen molar-refractivity contribution >= 4 is 22.6 Å². The molecule has 0 atom stereocenters. The first-order valence-corrected chi connectivity index (χ1v) is 3.75. The highest BCUT2D eigenvalue weighted by Crippen LogP contribution is 2.16. The van der Waals surface area contributed by atoms with Gasteiger partial charge in [-0.05, 0) is 6.92 Å². The fraction of sp³-hybridized carbons (Fsp3) is 0.143. The van der Waals surface area contributed by atoms with Crippen LogP contribution in [0.2, 0.25) is 5.15 Å². The molecule has 0 unspecified atom stereocenters. The third-order valence-corrected chi connectivity index (χ3v) is 1.73. The Morgan fingerprint density at radius 3 is 3.00 bits per heavy atom. The van der Waals surface area contributed by atoms with Gasteiger partial charge in [0.2, 0.25) is 0 Å². The average Bonchev–Trinajstić information content (AvgIpc) is 2.04. The number of fused-ring (bicyclic) bond motifs is 1. The van der Waals surface area contributed by atoms with Crippen LogP contribution in [-0.2, 0) is 0 Å². The average molecular weight is 181 g/mol. The number of hydrogen-bond donors (Lipinski definition) is 0. The van der Waals surface area contributed by atoms with E-state index in [1.807, 2.05) is 0 Å². The van der Waals surface area contributed by atoms with E-state index in [4.69, 9.17) is 11.6 Å². The summed E-state index contributed by atoms with van der Waals surface area (Å²) >= 11 is 5.83. The van der Waals surface area contributed by atoms with Crippen LogP contribution in [0.15, 0.2) is 12.5 Å². The maximum Gasteiger partial charge on any atom is 0.167 e. The second-order valence-electron chi connectivity index (χ2n) is 2.32. The van der Waals surface area contributed by atoms with Crippen LogP contribution in [-0.4, -0.2) is 19.9 Å². The summed E-state index contributed by atoms with van der Waals surface area (Å²) in [5.41, 5.74) is 0.586. The van der Waals surface area contributed by atoms with Gasteiger partial charge >= 0.3 is 0 Å². The number of hydrogen-bond acceptors (Lipinski definition) is 4. The Balaban J connectivity index is 2.89. The zero-order valence-corrected chi connectivity index (χ0v) is 7.08. The van der Waals surface area contributed by atoms with Gasteiger partial charge in [0.1, 0.15) is 17.3 Å². The summed E-state index contributed by atoms with van der Waals surface area (Å²) in [5, 5.41) is 1.09. The van der Waals surface area contributed by atoms with Crippen LogP contribution in [0, 0.1) is 6.92 Å². The highest BCUT2D eigenvalue weighted by atomic mass is 35.5. The van der Waals surface area contributed by atoms with E-state index in [0.29, 0.717) is 22.0 Å². The van der Waals surface area contributed by atoms with Crippen LogP contribution in [0.25, 0.3) is 11.0 Å². The van der Waals surface area contributed by atoms with Crippen molar-refractivity contribution in [2.24, 2.45) is 0 Å². The smallest absolute Gasteiger partial charge is 0.167 e. The Morgan fingerprint density at radius 2 is 2.17 bits per heavy atom. The molecule has 0 aromatic carbocycles. The minimum atomic E-state index is 0.401. The summed E-state index contributed by atoms with van der Waals surface area (Å²) in [4.78, 5) is 15.8. The lowest BCUT2D eigenvalue weighted by molar-refractivity contribution is 1.06. The summed E-state index contributed by atoms with van der Waals surface area (Å²) in [6, 6.07) is 0. The molecule has 2 aromatic heterocycles. The minimum absolute atomic E-state index is 0.401. The predicted molar refractivity (Wildman–Crippen MR) is 44.9 cm³/mol.